The molecule has 0 amide bonds. The van der Waals surface area contributed by atoms with Gasteiger partial charge in [-0.05, 0) is 30.2 Å². The third kappa shape index (κ3) is 3.11. The third-order valence-electron chi connectivity index (χ3n) is 4.33. The van der Waals surface area contributed by atoms with E-state index in [1.165, 1.54) is 11.1 Å². The van der Waals surface area contributed by atoms with Crippen molar-refractivity contribution >= 4 is 0 Å². The summed E-state index contributed by atoms with van der Waals surface area (Å²) in [6.07, 6.45) is 3.50. The Morgan fingerprint density at radius 2 is 2.08 bits per heavy atom. The van der Waals surface area contributed by atoms with Crippen molar-refractivity contribution in [3.63, 3.8) is 0 Å². The Morgan fingerprint density at radius 1 is 1.17 bits per heavy atom. The lowest BCUT2D eigenvalue weighted by atomic mass is 10.1. The molecule has 6 heteroatoms. The molecule has 0 radical (unpaired) electrons. The lowest BCUT2D eigenvalue weighted by molar-refractivity contribution is 0.0223. The maximum absolute atomic E-state index is 5.86. The molecule has 1 aliphatic heterocycles. The van der Waals surface area contributed by atoms with E-state index in [-0.39, 0.29) is 6.23 Å². The van der Waals surface area contributed by atoms with E-state index in [0.29, 0.717) is 19.7 Å². The summed E-state index contributed by atoms with van der Waals surface area (Å²) in [4.78, 5) is 2.21. The number of benzene rings is 1. The van der Waals surface area contributed by atoms with Crippen LogP contribution in [-0.4, -0.2) is 33.0 Å². The van der Waals surface area contributed by atoms with Gasteiger partial charge in [-0.15, -0.1) is 5.10 Å². The zero-order valence-corrected chi connectivity index (χ0v) is 13.6. The number of aryl methyl sites for hydroxylation is 1. The van der Waals surface area contributed by atoms with Gasteiger partial charge in [-0.2, -0.15) is 0 Å². The summed E-state index contributed by atoms with van der Waals surface area (Å²) in [5.74, 6) is 0.929. The Kier molecular flexibility index (Phi) is 4.15. The van der Waals surface area contributed by atoms with Crippen molar-refractivity contribution in [1.29, 1.82) is 0 Å². The van der Waals surface area contributed by atoms with Crippen molar-refractivity contribution in [2.75, 3.05) is 13.2 Å². The second kappa shape index (κ2) is 6.59. The van der Waals surface area contributed by atoms with Gasteiger partial charge in [-0.3, -0.25) is 4.90 Å². The molecule has 1 atom stereocenters. The molecule has 124 valence electrons. The summed E-state index contributed by atoms with van der Waals surface area (Å²) >= 11 is 0. The van der Waals surface area contributed by atoms with Gasteiger partial charge in [0, 0.05) is 6.54 Å². The minimum atomic E-state index is -0.166. The molecule has 0 unspecified atom stereocenters. The van der Waals surface area contributed by atoms with E-state index in [1.807, 2.05) is 35.1 Å². The first kappa shape index (κ1) is 15.1. The number of aromatic nitrogens is 3. The molecule has 1 saturated heterocycles. The van der Waals surface area contributed by atoms with E-state index in [0.717, 1.165) is 18.0 Å². The number of nitrogens with zero attached hydrogens (tertiary/aromatic N) is 4. The number of furan rings is 1. The highest BCUT2D eigenvalue weighted by atomic mass is 16.5. The molecule has 0 bridgehead atoms. The summed E-state index contributed by atoms with van der Waals surface area (Å²) in [6, 6.07) is 12.2. The normalized spacial score (nSPS) is 18.3. The van der Waals surface area contributed by atoms with Gasteiger partial charge in [-0.1, -0.05) is 29.5 Å². The molecule has 0 spiro atoms. The molecule has 3 heterocycles. The van der Waals surface area contributed by atoms with Crippen LogP contribution in [0.3, 0.4) is 0 Å². The average molecular weight is 324 g/mol. The SMILES string of the molecule is Cc1ccccc1Cn1cc([C@H]2OCCN2Cc2ccco2)nn1. The molecule has 1 aromatic carbocycles. The monoisotopic (exact) mass is 324 g/mol. The molecule has 0 aliphatic carbocycles. The van der Waals surface area contributed by atoms with E-state index in [1.54, 1.807) is 6.26 Å². The van der Waals surface area contributed by atoms with Crippen LogP contribution in [0.4, 0.5) is 0 Å². The highest BCUT2D eigenvalue weighted by Crippen LogP contribution is 2.27. The van der Waals surface area contributed by atoms with Gasteiger partial charge in [0.1, 0.15) is 11.5 Å². The Balaban J connectivity index is 1.48. The first-order valence-corrected chi connectivity index (χ1v) is 8.12. The standard InChI is InChI=1S/C18H20N4O2/c1-14-5-2-3-6-15(14)11-22-13-17(19-20-22)18-21(8-10-24-18)12-16-7-4-9-23-16/h2-7,9,13,18H,8,10-12H2,1H3/t18-/m1/s1. The molecular formula is C18H20N4O2. The number of rotatable bonds is 5. The fourth-order valence-corrected chi connectivity index (χ4v) is 3.01. The van der Waals surface area contributed by atoms with Crippen molar-refractivity contribution in [2.45, 2.75) is 26.2 Å². The van der Waals surface area contributed by atoms with E-state index < -0.39 is 0 Å². The topological polar surface area (TPSA) is 56.3 Å². The number of hydrogen-bond donors (Lipinski definition) is 0. The van der Waals surface area contributed by atoms with Crippen LogP contribution in [0.1, 0.15) is 28.8 Å². The Hall–Kier alpha value is -2.44. The van der Waals surface area contributed by atoms with Crippen LogP contribution >= 0.6 is 0 Å². The lowest BCUT2D eigenvalue weighted by Crippen LogP contribution is -2.23. The van der Waals surface area contributed by atoms with Crippen LogP contribution < -0.4 is 0 Å². The second-order valence-corrected chi connectivity index (χ2v) is 6.04. The van der Waals surface area contributed by atoms with Gasteiger partial charge >= 0.3 is 0 Å². The van der Waals surface area contributed by atoms with E-state index in [4.69, 9.17) is 9.15 Å². The summed E-state index contributed by atoms with van der Waals surface area (Å²) in [7, 11) is 0. The molecule has 24 heavy (non-hydrogen) atoms. The van der Waals surface area contributed by atoms with Crippen LogP contribution in [-0.2, 0) is 17.8 Å². The maximum Gasteiger partial charge on any atom is 0.157 e. The van der Waals surface area contributed by atoms with Crippen LogP contribution in [0, 0.1) is 6.92 Å². The summed E-state index contributed by atoms with van der Waals surface area (Å²) in [5, 5.41) is 8.58. The van der Waals surface area contributed by atoms with Crippen molar-refractivity contribution in [3.05, 3.63) is 71.4 Å². The van der Waals surface area contributed by atoms with Gasteiger partial charge in [-0.25, -0.2) is 4.68 Å². The van der Waals surface area contributed by atoms with Crippen molar-refractivity contribution < 1.29 is 9.15 Å². The second-order valence-electron chi connectivity index (χ2n) is 6.04. The Labute approximate surface area is 140 Å². The van der Waals surface area contributed by atoms with Crippen LogP contribution in [0.15, 0.2) is 53.3 Å². The molecule has 1 fully saturated rings. The van der Waals surface area contributed by atoms with E-state index in [2.05, 4.69) is 34.3 Å². The molecule has 3 aromatic rings. The van der Waals surface area contributed by atoms with Crippen molar-refractivity contribution in [3.8, 4) is 0 Å². The van der Waals surface area contributed by atoms with Gasteiger partial charge < -0.3 is 9.15 Å². The quantitative estimate of drug-likeness (QED) is 0.722. The molecule has 0 saturated carbocycles. The zero-order valence-electron chi connectivity index (χ0n) is 13.6. The van der Waals surface area contributed by atoms with E-state index >= 15 is 0 Å². The summed E-state index contributed by atoms with van der Waals surface area (Å²) in [5.41, 5.74) is 3.34. The minimum absolute atomic E-state index is 0.166. The molecule has 0 N–H and O–H groups in total. The van der Waals surface area contributed by atoms with Crippen LogP contribution in [0.25, 0.3) is 0 Å². The average Bonchev–Trinajstić information content (AvgIpc) is 3.32. The zero-order chi connectivity index (χ0) is 16.4. The molecule has 4 rings (SSSR count). The third-order valence-corrected chi connectivity index (χ3v) is 4.33. The fraction of sp³-hybridized carbons (Fsp3) is 0.333. The smallest absolute Gasteiger partial charge is 0.157 e. The fourth-order valence-electron chi connectivity index (χ4n) is 3.01. The predicted octanol–water partition coefficient (Wildman–Crippen LogP) is 2.76. The highest BCUT2D eigenvalue weighted by molar-refractivity contribution is 5.25. The first-order chi connectivity index (χ1) is 11.8. The maximum atomic E-state index is 5.86. The van der Waals surface area contributed by atoms with Crippen molar-refractivity contribution in [1.82, 2.24) is 19.9 Å². The lowest BCUT2D eigenvalue weighted by Gasteiger charge is -2.19. The largest absolute Gasteiger partial charge is 0.468 e. The first-order valence-electron chi connectivity index (χ1n) is 8.12. The molecular weight excluding hydrogens is 304 g/mol. The van der Waals surface area contributed by atoms with Gasteiger partial charge in [0.25, 0.3) is 0 Å². The molecule has 2 aromatic heterocycles. The van der Waals surface area contributed by atoms with Crippen LogP contribution in [0.5, 0.6) is 0 Å². The van der Waals surface area contributed by atoms with E-state index in [9.17, 15) is 0 Å². The summed E-state index contributed by atoms with van der Waals surface area (Å²) in [6.45, 7) is 5.08. The molecule has 6 nitrogen and oxygen atoms in total. The summed E-state index contributed by atoms with van der Waals surface area (Å²) < 4.78 is 13.2. The number of hydrogen-bond acceptors (Lipinski definition) is 5. The van der Waals surface area contributed by atoms with Gasteiger partial charge in [0.15, 0.2) is 6.23 Å². The van der Waals surface area contributed by atoms with Crippen LogP contribution in [0.2, 0.25) is 0 Å². The number of ether oxygens (including phenoxy) is 1. The van der Waals surface area contributed by atoms with Crippen molar-refractivity contribution in [2.24, 2.45) is 0 Å². The predicted molar refractivity (Wildman–Crippen MR) is 88.1 cm³/mol. The molecule has 1 aliphatic rings. The minimum Gasteiger partial charge on any atom is -0.468 e. The van der Waals surface area contributed by atoms with Gasteiger partial charge in [0.2, 0.25) is 0 Å². The van der Waals surface area contributed by atoms with Gasteiger partial charge in [0.05, 0.1) is 32.2 Å². The highest BCUT2D eigenvalue weighted by Gasteiger charge is 2.30. The Bertz CT molecular complexity index is 797. The Morgan fingerprint density at radius 3 is 2.92 bits per heavy atom.